The van der Waals surface area contributed by atoms with Gasteiger partial charge in [0.15, 0.2) is 9.84 Å². The molecule has 1 amide bonds. The number of amides is 1. The number of morpholine rings is 1. The van der Waals surface area contributed by atoms with Gasteiger partial charge in [-0.2, -0.15) is 0 Å². The summed E-state index contributed by atoms with van der Waals surface area (Å²) < 4.78 is 28.2. The number of nitrogens with one attached hydrogen (secondary N) is 1. The second-order valence-corrected chi connectivity index (χ2v) is 8.40. The third-order valence-electron chi connectivity index (χ3n) is 4.33. The van der Waals surface area contributed by atoms with Crippen LogP contribution in [-0.2, 0) is 19.4 Å². The van der Waals surface area contributed by atoms with Gasteiger partial charge in [0.25, 0.3) is 0 Å². The van der Waals surface area contributed by atoms with Crippen molar-refractivity contribution < 1.29 is 17.9 Å². The van der Waals surface area contributed by atoms with Crippen LogP contribution in [0.1, 0.15) is 12.8 Å². The van der Waals surface area contributed by atoms with Crippen LogP contribution in [0.15, 0.2) is 24.3 Å². The Morgan fingerprint density at radius 3 is 2.52 bits per heavy atom. The topological polar surface area (TPSA) is 75.7 Å². The quantitative estimate of drug-likeness (QED) is 0.895. The lowest BCUT2D eigenvalue weighted by atomic mass is 10.1. The first kappa shape index (κ1) is 16.3. The molecular weight excluding hydrogens is 316 g/mol. The molecule has 0 aromatic heterocycles. The number of benzene rings is 1. The summed E-state index contributed by atoms with van der Waals surface area (Å²) >= 11 is 0. The highest BCUT2D eigenvalue weighted by molar-refractivity contribution is 7.91. The molecule has 0 radical (unpaired) electrons. The van der Waals surface area contributed by atoms with E-state index >= 15 is 0 Å². The van der Waals surface area contributed by atoms with Crippen LogP contribution >= 0.6 is 0 Å². The normalized spacial score (nSPS) is 23.7. The molecule has 2 aliphatic heterocycles. The van der Waals surface area contributed by atoms with Crippen LogP contribution < -0.4 is 10.2 Å². The van der Waals surface area contributed by atoms with Crippen molar-refractivity contribution in [3.8, 4) is 0 Å². The highest BCUT2D eigenvalue weighted by atomic mass is 32.2. The Morgan fingerprint density at radius 2 is 1.91 bits per heavy atom. The maximum absolute atomic E-state index is 12.0. The largest absolute Gasteiger partial charge is 0.378 e. The number of sulfone groups is 1. The molecule has 0 spiro atoms. The Morgan fingerprint density at radius 1 is 1.22 bits per heavy atom. The van der Waals surface area contributed by atoms with E-state index < -0.39 is 9.84 Å². The SMILES string of the molecule is O=C(C[C@H]1CCS(=O)(=O)C1)Nc1ccc(N2CCOCC2)cc1. The van der Waals surface area contributed by atoms with Gasteiger partial charge < -0.3 is 15.0 Å². The molecule has 2 saturated heterocycles. The fraction of sp³-hybridized carbons (Fsp3) is 0.562. The lowest BCUT2D eigenvalue weighted by Crippen LogP contribution is -2.36. The van der Waals surface area contributed by atoms with E-state index in [-0.39, 0.29) is 29.8 Å². The standard InChI is InChI=1S/C16H22N2O4S/c19-16(11-13-5-10-23(20,21)12-13)17-14-1-3-15(4-2-14)18-6-8-22-9-7-18/h1-4,13H,5-12H2,(H,17,19)/t13-/m1/s1. The lowest BCUT2D eigenvalue weighted by Gasteiger charge is -2.28. The molecule has 7 heteroatoms. The molecule has 6 nitrogen and oxygen atoms in total. The van der Waals surface area contributed by atoms with E-state index in [4.69, 9.17) is 4.74 Å². The molecule has 2 heterocycles. The molecular formula is C16H22N2O4S. The predicted molar refractivity (Wildman–Crippen MR) is 89.5 cm³/mol. The van der Waals surface area contributed by atoms with Crippen LogP contribution in [0.5, 0.6) is 0 Å². The van der Waals surface area contributed by atoms with Gasteiger partial charge in [-0.3, -0.25) is 4.79 Å². The van der Waals surface area contributed by atoms with E-state index in [0.29, 0.717) is 6.42 Å². The summed E-state index contributed by atoms with van der Waals surface area (Å²) in [6.07, 6.45) is 0.857. The number of carbonyl (C=O) groups excluding carboxylic acids is 1. The van der Waals surface area contributed by atoms with Gasteiger partial charge >= 0.3 is 0 Å². The van der Waals surface area contributed by atoms with Crippen molar-refractivity contribution >= 4 is 27.1 Å². The highest BCUT2D eigenvalue weighted by Gasteiger charge is 2.29. The molecule has 0 bridgehead atoms. The van der Waals surface area contributed by atoms with E-state index in [1.165, 1.54) is 0 Å². The van der Waals surface area contributed by atoms with Gasteiger partial charge in [-0.1, -0.05) is 0 Å². The van der Waals surface area contributed by atoms with Crippen LogP contribution in [0.2, 0.25) is 0 Å². The third kappa shape index (κ3) is 4.45. The van der Waals surface area contributed by atoms with Gasteiger partial charge in [-0.25, -0.2) is 8.42 Å². The number of hydrogen-bond donors (Lipinski definition) is 1. The van der Waals surface area contributed by atoms with E-state index in [1.807, 2.05) is 24.3 Å². The van der Waals surface area contributed by atoms with Gasteiger partial charge in [0.05, 0.1) is 24.7 Å². The minimum Gasteiger partial charge on any atom is -0.378 e. The fourth-order valence-electron chi connectivity index (χ4n) is 3.08. The van der Waals surface area contributed by atoms with Crippen molar-refractivity contribution in [1.29, 1.82) is 0 Å². The van der Waals surface area contributed by atoms with Crippen molar-refractivity contribution in [3.05, 3.63) is 24.3 Å². The van der Waals surface area contributed by atoms with Crippen molar-refractivity contribution in [3.63, 3.8) is 0 Å². The second kappa shape index (κ2) is 6.88. The maximum atomic E-state index is 12.0. The van der Waals surface area contributed by atoms with Gasteiger partial charge in [0.1, 0.15) is 0 Å². The van der Waals surface area contributed by atoms with Gasteiger partial charge in [0, 0.05) is 30.9 Å². The smallest absolute Gasteiger partial charge is 0.224 e. The number of ether oxygens (including phenoxy) is 1. The Labute approximate surface area is 136 Å². The summed E-state index contributed by atoms with van der Waals surface area (Å²) in [5.74, 6) is 0.175. The van der Waals surface area contributed by atoms with Crippen molar-refractivity contribution in [2.24, 2.45) is 5.92 Å². The van der Waals surface area contributed by atoms with Crippen LogP contribution in [0.3, 0.4) is 0 Å². The Bertz CT molecular complexity index is 651. The van der Waals surface area contributed by atoms with Gasteiger partial charge in [0.2, 0.25) is 5.91 Å². The third-order valence-corrected chi connectivity index (χ3v) is 6.17. The molecule has 126 valence electrons. The van der Waals surface area contributed by atoms with Crippen LogP contribution in [0, 0.1) is 5.92 Å². The van der Waals surface area contributed by atoms with E-state index in [2.05, 4.69) is 10.2 Å². The molecule has 0 saturated carbocycles. The molecule has 2 fully saturated rings. The molecule has 1 atom stereocenters. The minimum atomic E-state index is -2.93. The summed E-state index contributed by atoms with van der Waals surface area (Å²) in [5.41, 5.74) is 1.86. The Kier molecular flexibility index (Phi) is 4.87. The van der Waals surface area contributed by atoms with E-state index in [9.17, 15) is 13.2 Å². The molecule has 23 heavy (non-hydrogen) atoms. The van der Waals surface area contributed by atoms with Crippen LogP contribution in [-0.4, -0.2) is 52.1 Å². The number of carbonyl (C=O) groups is 1. The zero-order chi connectivity index (χ0) is 16.3. The van der Waals surface area contributed by atoms with E-state index in [1.54, 1.807) is 0 Å². The average molecular weight is 338 g/mol. The van der Waals surface area contributed by atoms with Crippen LogP contribution in [0.4, 0.5) is 11.4 Å². The first-order valence-electron chi connectivity index (χ1n) is 7.95. The Balaban J connectivity index is 1.52. The average Bonchev–Trinajstić information content (AvgIpc) is 2.87. The summed E-state index contributed by atoms with van der Waals surface area (Å²) in [7, 11) is -2.93. The first-order chi connectivity index (χ1) is 11.0. The molecule has 2 aliphatic rings. The summed E-state index contributed by atoms with van der Waals surface area (Å²) in [6.45, 7) is 3.23. The van der Waals surface area contributed by atoms with Crippen molar-refractivity contribution in [1.82, 2.24) is 0 Å². The molecule has 0 unspecified atom stereocenters. The summed E-state index contributed by atoms with van der Waals surface area (Å²) in [4.78, 5) is 14.3. The fourth-order valence-corrected chi connectivity index (χ4v) is 4.95. The molecule has 0 aliphatic carbocycles. The molecule has 1 N–H and O–H groups in total. The first-order valence-corrected chi connectivity index (χ1v) is 9.77. The predicted octanol–water partition coefficient (Wildman–Crippen LogP) is 1.29. The minimum absolute atomic E-state index is 0.0485. The summed E-state index contributed by atoms with van der Waals surface area (Å²) in [6, 6.07) is 7.74. The van der Waals surface area contributed by atoms with E-state index in [0.717, 1.165) is 37.7 Å². The molecule has 1 aromatic carbocycles. The molecule has 1 aromatic rings. The lowest BCUT2D eigenvalue weighted by molar-refractivity contribution is -0.116. The maximum Gasteiger partial charge on any atom is 0.224 e. The zero-order valence-corrected chi connectivity index (χ0v) is 13.8. The number of rotatable bonds is 4. The van der Waals surface area contributed by atoms with Gasteiger partial charge in [-0.05, 0) is 36.6 Å². The number of anilines is 2. The van der Waals surface area contributed by atoms with Crippen LogP contribution in [0.25, 0.3) is 0 Å². The highest BCUT2D eigenvalue weighted by Crippen LogP contribution is 2.23. The molecule has 3 rings (SSSR count). The monoisotopic (exact) mass is 338 g/mol. The second-order valence-electron chi connectivity index (χ2n) is 6.17. The zero-order valence-electron chi connectivity index (χ0n) is 13.0. The van der Waals surface area contributed by atoms with Gasteiger partial charge in [-0.15, -0.1) is 0 Å². The number of nitrogens with zero attached hydrogens (tertiary/aromatic N) is 1. The van der Waals surface area contributed by atoms with Crippen molar-refractivity contribution in [2.75, 3.05) is 48.0 Å². The number of hydrogen-bond acceptors (Lipinski definition) is 5. The Hall–Kier alpha value is -1.60. The van der Waals surface area contributed by atoms with Crippen molar-refractivity contribution in [2.45, 2.75) is 12.8 Å². The summed E-state index contributed by atoms with van der Waals surface area (Å²) in [5, 5.41) is 2.85.